The number of nitrogens with one attached hydrogen (secondary N) is 1. The standard InChI is InChI=1S/C22H27N3O6S/c1-30-18-9-10-19(31-2)20(13-18)32(28,29)25-11-3-4-16(14-25)22(27)24-17-7-5-15(6-8-17)12-21(23)26/h5-10,13,16H,3-4,11-12,14H2,1-2H3,(H2,23,26)(H,24,27). The summed E-state index contributed by atoms with van der Waals surface area (Å²) in [6.45, 7) is 0.378. The molecule has 0 bridgehead atoms. The van der Waals surface area contributed by atoms with Crippen LogP contribution < -0.4 is 20.5 Å². The summed E-state index contributed by atoms with van der Waals surface area (Å²) in [6.07, 6.45) is 1.26. The van der Waals surface area contributed by atoms with Crippen molar-refractivity contribution in [3.8, 4) is 11.5 Å². The van der Waals surface area contributed by atoms with Crippen molar-refractivity contribution in [2.75, 3.05) is 32.6 Å². The van der Waals surface area contributed by atoms with Crippen molar-refractivity contribution in [3.63, 3.8) is 0 Å². The van der Waals surface area contributed by atoms with Gasteiger partial charge in [0.05, 0.1) is 26.6 Å². The molecule has 1 atom stereocenters. The van der Waals surface area contributed by atoms with E-state index in [-0.39, 0.29) is 29.5 Å². The van der Waals surface area contributed by atoms with Crippen LogP contribution in [0.2, 0.25) is 0 Å². The third kappa shape index (κ3) is 5.38. The van der Waals surface area contributed by atoms with Gasteiger partial charge in [-0.2, -0.15) is 4.31 Å². The first-order valence-electron chi connectivity index (χ1n) is 10.1. The van der Waals surface area contributed by atoms with Crippen molar-refractivity contribution in [3.05, 3.63) is 48.0 Å². The van der Waals surface area contributed by atoms with Crippen LogP contribution >= 0.6 is 0 Å². The zero-order valence-corrected chi connectivity index (χ0v) is 18.9. The third-order valence-corrected chi connectivity index (χ3v) is 7.23. The van der Waals surface area contributed by atoms with Gasteiger partial charge in [-0.25, -0.2) is 8.42 Å². The fourth-order valence-corrected chi connectivity index (χ4v) is 5.35. The average molecular weight is 462 g/mol. The second-order valence-electron chi connectivity index (χ2n) is 7.55. The van der Waals surface area contributed by atoms with Gasteiger partial charge in [-0.1, -0.05) is 12.1 Å². The molecule has 2 aromatic carbocycles. The third-order valence-electron chi connectivity index (χ3n) is 5.34. The zero-order valence-electron chi connectivity index (χ0n) is 18.0. The first-order valence-corrected chi connectivity index (χ1v) is 11.6. The Morgan fingerprint density at radius 1 is 1.12 bits per heavy atom. The second kappa shape index (κ2) is 10.0. The molecule has 1 heterocycles. The van der Waals surface area contributed by atoms with Crippen LogP contribution in [0.25, 0.3) is 0 Å². The van der Waals surface area contributed by atoms with E-state index in [0.29, 0.717) is 30.8 Å². The number of benzene rings is 2. The number of carbonyl (C=O) groups is 2. The van der Waals surface area contributed by atoms with Crippen LogP contribution in [-0.2, 0) is 26.0 Å². The van der Waals surface area contributed by atoms with Crippen LogP contribution in [-0.4, -0.2) is 51.8 Å². The molecule has 0 spiro atoms. The SMILES string of the molecule is COc1ccc(OC)c(S(=O)(=O)N2CCCC(C(=O)Nc3ccc(CC(N)=O)cc3)C2)c1. The Balaban J connectivity index is 1.73. The predicted molar refractivity (Wildman–Crippen MR) is 119 cm³/mol. The number of methoxy groups -OCH3 is 2. The van der Waals surface area contributed by atoms with Gasteiger partial charge in [0.1, 0.15) is 16.4 Å². The molecule has 2 amide bonds. The lowest BCUT2D eigenvalue weighted by Crippen LogP contribution is -2.43. The van der Waals surface area contributed by atoms with Crippen molar-refractivity contribution in [2.24, 2.45) is 11.7 Å². The normalized spacial score (nSPS) is 16.9. The molecule has 2 aromatic rings. The first kappa shape index (κ1) is 23.6. The van der Waals surface area contributed by atoms with E-state index in [0.717, 1.165) is 5.56 Å². The smallest absolute Gasteiger partial charge is 0.246 e. The molecule has 3 rings (SSSR count). The summed E-state index contributed by atoms with van der Waals surface area (Å²) in [5.74, 6) is -0.576. The van der Waals surface area contributed by atoms with Gasteiger partial charge in [-0.15, -0.1) is 0 Å². The molecule has 1 fully saturated rings. The molecule has 32 heavy (non-hydrogen) atoms. The van der Waals surface area contributed by atoms with Crippen molar-refractivity contribution in [1.29, 1.82) is 0 Å². The lowest BCUT2D eigenvalue weighted by Gasteiger charge is -2.31. The number of primary amides is 1. The van der Waals surface area contributed by atoms with Crippen molar-refractivity contribution in [2.45, 2.75) is 24.2 Å². The van der Waals surface area contributed by atoms with Gasteiger partial charge in [0.25, 0.3) is 0 Å². The molecule has 1 aliphatic heterocycles. The van der Waals surface area contributed by atoms with Crippen LogP contribution in [0.5, 0.6) is 11.5 Å². The number of rotatable bonds is 8. The van der Waals surface area contributed by atoms with E-state index >= 15 is 0 Å². The number of piperidine rings is 1. The Labute approximate surface area is 187 Å². The van der Waals surface area contributed by atoms with E-state index in [9.17, 15) is 18.0 Å². The van der Waals surface area contributed by atoms with Gasteiger partial charge in [-0.3, -0.25) is 9.59 Å². The topological polar surface area (TPSA) is 128 Å². The number of hydrogen-bond acceptors (Lipinski definition) is 6. The Bertz CT molecular complexity index is 1090. The maximum absolute atomic E-state index is 13.3. The Hall–Kier alpha value is -3.11. The van der Waals surface area contributed by atoms with E-state index < -0.39 is 21.8 Å². The minimum Gasteiger partial charge on any atom is -0.497 e. The van der Waals surface area contributed by atoms with Crippen LogP contribution in [0, 0.1) is 5.92 Å². The Kier molecular flexibility index (Phi) is 7.37. The number of carbonyl (C=O) groups excluding carboxylic acids is 2. The summed E-state index contributed by atoms with van der Waals surface area (Å²) < 4.78 is 38.3. The van der Waals surface area contributed by atoms with Crippen molar-refractivity contribution in [1.82, 2.24) is 4.31 Å². The number of sulfonamides is 1. The highest BCUT2D eigenvalue weighted by molar-refractivity contribution is 7.89. The van der Waals surface area contributed by atoms with E-state index in [1.54, 1.807) is 36.4 Å². The molecule has 10 heteroatoms. The van der Waals surface area contributed by atoms with Crippen molar-refractivity contribution >= 4 is 27.5 Å². The molecule has 1 aliphatic rings. The number of ether oxygens (including phenoxy) is 2. The summed E-state index contributed by atoms with van der Waals surface area (Å²) in [7, 11) is -1.03. The van der Waals surface area contributed by atoms with Gasteiger partial charge < -0.3 is 20.5 Å². The Morgan fingerprint density at radius 2 is 1.84 bits per heavy atom. The molecule has 0 aromatic heterocycles. The van der Waals surface area contributed by atoms with Crippen LogP contribution in [0.15, 0.2) is 47.4 Å². The van der Waals surface area contributed by atoms with Gasteiger partial charge >= 0.3 is 0 Å². The van der Waals surface area contributed by atoms with Gasteiger partial charge in [-0.05, 0) is 42.7 Å². The fraction of sp³-hybridized carbons (Fsp3) is 0.364. The average Bonchev–Trinajstić information content (AvgIpc) is 2.79. The highest BCUT2D eigenvalue weighted by Crippen LogP contribution is 2.33. The minimum absolute atomic E-state index is 0.00504. The first-order chi connectivity index (χ1) is 15.2. The molecule has 172 valence electrons. The van der Waals surface area contributed by atoms with Gasteiger partial charge in [0, 0.05) is 24.8 Å². The number of nitrogens with two attached hydrogens (primary N) is 1. The molecule has 0 radical (unpaired) electrons. The minimum atomic E-state index is -3.89. The van der Waals surface area contributed by atoms with E-state index in [2.05, 4.69) is 5.32 Å². The molecule has 1 saturated heterocycles. The lowest BCUT2D eigenvalue weighted by atomic mass is 9.98. The number of hydrogen-bond donors (Lipinski definition) is 2. The van der Waals surface area contributed by atoms with Gasteiger partial charge in [0.2, 0.25) is 21.8 Å². The molecule has 0 aliphatic carbocycles. The summed E-state index contributed by atoms with van der Waals surface area (Å²) in [6, 6.07) is 11.4. The molecule has 9 nitrogen and oxygen atoms in total. The van der Waals surface area contributed by atoms with E-state index in [1.807, 2.05) is 0 Å². The largest absolute Gasteiger partial charge is 0.497 e. The molecule has 3 N–H and O–H groups in total. The van der Waals surface area contributed by atoms with Crippen LogP contribution in [0.4, 0.5) is 5.69 Å². The highest BCUT2D eigenvalue weighted by Gasteiger charge is 2.35. The van der Waals surface area contributed by atoms with Gasteiger partial charge in [0.15, 0.2) is 0 Å². The predicted octanol–water partition coefficient (Wildman–Crippen LogP) is 1.77. The summed E-state index contributed by atoms with van der Waals surface area (Å²) in [4.78, 5) is 23.8. The Morgan fingerprint density at radius 3 is 2.47 bits per heavy atom. The summed E-state index contributed by atoms with van der Waals surface area (Å²) >= 11 is 0. The fourth-order valence-electron chi connectivity index (χ4n) is 3.65. The number of nitrogens with zero attached hydrogens (tertiary/aromatic N) is 1. The summed E-state index contributed by atoms with van der Waals surface area (Å²) in [5.41, 5.74) is 6.50. The van der Waals surface area contributed by atoms with Crippen LogP contribution in [0.3, 0.4) is 0 Å². The maximum Gasteiger partial charge on any atom is 0.246 e. The second-order valence-corrected chi connectivity index (χ2v) is 9.45. The monoisotopic (exact) mass is 461 g/mol. The van der Waals surface area contributed by atoms with Crippen LogP contribution in [0.1, 0.15) is 18.4 Å². The van der Waals surface area contributed by atoms with E-state index in [1.165, 1.54) is 24.6 Å². The molecular formula is C22H27N3O6S. The van der Waals surface area contributed by atoms with Crippen molar-refractivity contribution < 1.29 is 27.5 Å². The molecular weight excluding hydrogens is 434 g/mol. The molecule has 0 saturated carbocycles. The lowest BCUT2D eigenvalue weighted by molar-refractivity contribution is -0.121. The molecule has 1 unspecified atom stereocenters. The maximum atomic E-state index is 13.3. The zero-order chi connectivity index (χ0) is 23.3. The highest BCUT2D eigenvalue weighted by atomic mass is 32.2. The number of anilines is 1. The summed E-state index contributed by atoms with van der Waals surface area (Å²) in [5, 5.41) is 2.82. The quantitative estimate of drug-likeness (QED) is 0.617. The van der Waals surface area contributed by atoms with E-state index in [4.69, 9.17) is 15.2 Å². The number of amides is 2.